The molecule has 0 aliphatic heterocycles. The Bertz CT molecular complexity index is 372. The van der Waals surface area contributed by atoms with Gasteiger partial charge in [-0.1, -0.05) is 0 Å². The predicted molar refractivity (Wildman–Crippen MR) is 68.9 cm³/mol. The largest absolute Gasteiger partial charge is 0.503 e. The molecule has 0 unspecified atom stereocenters. The fourth-order valence-corrected chi connectivity index (χ4v) is 1.88. The molecule has 0 amide bonds. The lowest BCUT2D eigenvalue weighted by Gasteiger charge is -2.18. The number of phenolic OH excluding ortho intramolecular Hbond substituents is 1. The third-order valence-electron chi connectivity index (χ3n) is 2.37. The Morgan fingerprint density at radius 1 is 1.44 bits per heavy atom. The second-order valence-electron chi connectivity index (χ2n) is 4.62. The Hall–Kier alpha value is -0.740. The second-order valence-corrected chi connectivity index (χ2v) is 5.47. The van der Waals surface area contributed by atoms with Gasteiger partial charge in [0.05, 0.1) is 11.6 Å². The van der Waals surface area contributed by atoms with E-state index in [4.69, 9.17) is 10.5 Å². The van der Waals surface area contributed by atoms with Gasteiger partial charge < -0.3 is 15.6 Å². The Morgan fingerprint density at radius 3 is 2.56 bits per heavy atom. The predicted octanol–water partition coefficient (Wildman–Crippen LogP) is 2.83. The van der Waals surface area contributed by atoms with E-state index in [1.807, 2.05) is 26.0 Å². The summed E-state index contributed by atoms with van der Waals surface area (Å²) in [4.78, 5) is 0. The van der Waals surface area contributed by atoms with E-state index in [9.17, 15) is 5.11 Å². The summed E-state index contributed by atoms with van der Waals surface area (Å²) in [7, 11) is 1.54. The number of benzene rings is 1. The highest BCUT2D eigenvalue weighted by molar-refractivity contribution is 9.10. The molecule has 0 fully saturated rings. The van der Waals surface area contributed by atoms with Crippen molar-refractivity contribution < 1.29 is 9.84 Å². The Morgan fingerprint density at radius 2 is 2.06 bits per heavy atom. The molecule has 3 nitrogen and oxygen atoms in total. The van der Waals surface area contributed by atoms with Gasteiger partial charge in [0.25, 0.3) is 0 Å². The average molecular weight is 288 g/mol. The number of phenols is 1. The van der Waals surface area contributed by atoms with Crippen molar-refractivity contribution in [1.82, 2.24) is 0 Å². The highest BCUT2D eigenvalue weighted by Gasteiger charge is 2.13. The van der Waals surface area contributed by atoms with Gasteiger partial charge in [-0.2, -0.15) is 0 Å². The highest BCUT2D eigenvalue weighted by atomic mass is 79.9. The summed E-state index contributed by atoms with van der Waals surface area (Å²) in [6.07, 6.45) is 1.74. The smallest absolute Gasteiger partial charge is 0.172 e. The van der Waals surface area contributed by atoms with E-state index in [1.165, 1.54) is 7.11 Å². The first kappa shape index (κ1) is 13.3. The van der Waals surface area contributed by atoms with E-state index in [-0.39, 0.29) is 11.3 Å². The normalized spacial score (nSPS) is 11.6. The molecule has 3 N–H and O–H groups in total. The van der Waals surface area contributed by atoms with Crippen molar-refractivity contribution in [2.24, 2.45) is 5.73 Å². The number of methoxy groups -OCH3 is 1. The number of aryl methyl sites for hydroxylation is 1. The summed E-state index contributed by atoms with van der Waals surface area (Å²) in [5.74, 6) is 0.623. The van der Waals surface area contributed by atoms with Gasteiger partial charge >= 0.3 is 0 Å². The molecule has 0 heterocycles. The SMILES string of the molecule is COc1cc(CCC(C)(C)N)cc(Br)c1O. The van der Waals surface area contributed by atoms with Crippen molar-refractivity contribution in [3.05, 3.63) is 22.2 Å². The maximum Gasteiger partial charge on any atom is 0.172 e. The van der Waals surface area contributed by atoms with Crippen molar-refractivity contribution in [1.29, 1.82) is 0 Å². The van der Waals surface area contributed by atoms with Gasteiger partial charge in [0.1, 0.15) is 0 Å². The number of rotatable bonds is 4. The van der Waals surface area contributed by atoms with Crippen molar-refractivity contribution in [3.8, 4) is 11.5 Å². The van der Waals surface area contributed by atoms with Crippen LogP contribution in [0.4, 0.5) is 0 Å². The van der Waals surface area contributed by atoms with Gasteiger partial charge in [0.2, 0.25) is 0 Å². The first-order valence-corrected chi connectivity index (χ1v) is 5.97. The minimum atomic E-state index is -0.183. The summed E-state index contributed by atoms with van der Waals surface area (Å²) in [6, 6.07) is 3.73. The molecule has 0 aliphatic carbocycles. The molecule has 1 aromatic carbocycles. The third-order valence-corrected chi connectivity index (χ3v) is 2.97. The van der Waals surface area contributed by atoms with Crippen LogP contribution in [0.15, 0.2) is 16.6 Å². The standard InChI is InChI=1S/C12H18BrNO2/c1-12(2,14)5-4-8-6-9(13)11(15)10(7-8)16-3/h6-7,15H,4-5,14H2,1-3H3. The van der Waals surface area contributed by atoms with Gasteiger partial charge in [-0.3, -0.25) is 0 Å². The van der Waals surface area contributed by atoms with E-state index in [0.717, 1.165) is 18.4 Å². The van der Waals surface area contributed by atoms with Crippen LogP contribution < -0.4 is 10.5 Å². The second kappa shape index (κ2) is 5.06. The molecule has 0 saturated heterocycles. The monoisotopic (exact) mass is 287 g/mol. The molecule has 90 valence electrons. The van der Waals surface area contributed by atoms with Crippen LogP contribution in [0.3, 0.4) is 0 Å². The number of hydrogen-bond donors (Lipinski definition) is 2. The third kappa shape index (κ3) is 3.68. The van der Waals surface area contributed by atoms with Crippen molar-refractivity contribution >= 4 is 15.9 Å². The number of aromatic hydroxyl groups is 1. The Balaban J connectivity index is 2.86. The summed E-state index contributed by atoms with van der Waals surface area (Å²) in [5.41, 5.74) is 6.84. The van der Waals surface area contributed by atoms with Crippen LogP contribution >= 0.6 is 15.9 Å². The fraction of sp³-hybridized carbons (Fsp3) is 0.500. The summed E-state index contributed by atoms with van der Waals surface area (Å²) >= 11 is 3.30. The molecule has 0 spiro atoms. The zero-order valence-electron chi connectivity index (χ0n) is 9.88. The molecule has 1 rings (SSSR count). The maximum atomic E-state index is 9.65. The zero-order chi connectivity index (χ0) is 12.3. The van der Waals surface area contributed by atoms with Crippen LogP contribution in [0.5, 0.6) is 11.5 Å². The highest BCUT2D eigenvalue weighted by Crippen LogP contribution is 2.35. The van der Waals surface area contributed by atoms with Crippen molar-refractivity contribution in [2.45, 2.75) is 32.2 Å². The molecule has 0 aliphatic rings. The van der Waals surface area contributed by atoms with Gasteiger partial charge in [0.15, 0.2) is 11.5 Å². The number of halogens is 1. The van der Waals surface area contributed by atoms with E-state index in [2.05, 4.69) is 15.9 Å². The quantitative estimate of drug-likeness (QED) is 0.895. The number of hydrogen-bond acceptors (Lipinski definition) is 3. The lowest BCUT2D eigenvalue weighted by molar-refractivity contribution is 0.371. The molecule has 4 heteroatoms. The first-order valence-electron chi connectivity index (χ1n) is 5.18. The lowest BCUT2D eigenvalue weighted by Crippen LogP contribution is -2.32. The van der Waals surface area contributed by atoms with Gasteiger partial charge in [-0.15, -0.1) is 0 Å². The van der Waals surface area contributed by atoms with Crippen molar-refractivity contribution in [2.75, 3.05) is 7.11 Å². The molecule has 0 atom stereocenters. The minimum Gasteiger partial charge on any atom is -0.503 e. The topological polar surface area (TPSA) is 55.5 Å². The van der Waals surface area contributed by atoms with Crippen LogP contribution in [-0.4, -0.2) is 17.8 Å². The first-order chi connectivity index (χ1) is 7.33. The van der Waals surface area contributed by atoms with Crippen LogP contribution in [0.2, 0.25) is 0 Å². The van der Waals surface area contributed by atoms with E-state index in [0.29, 0.717) is 10.2 Å². The Kier molecular flexibility index (Phi) is 4.21. The van der Waals surface area contributed by atoms with E-state index in [1.54, 1.807) is 0 Å². The summed E-state index contributed by atoms with van der Waals surface area (Å²) in [5, 5.41) is 9.65. The van der Waals surface area contributed by atoms with Crippen LogP contribution in [0, 0.1) is 0 Å². The zero-order valence-corrected chi connectivity index (χ0v) is 11.5. The lowest BCUT2D eigenvalue weighted by atomic mass is 9.96. The van der Waals surface area contributed by atoms with Gasteiger partial charge in [0, 0.05) is 5.54 Å². The fourth-order valence-electron chi connectivity index (χ4n) is 1.39. The van der Waals surface area contributed by atoms with E-state index >= 15 is 0 Å². The molecule has 0 bridgehead atoms. The molecule has 16 heavy (non-hydrogen) atoms. The molecule has 0 radical (unpaired) electrons. The minimum absolute atomic E-state index is 0.137. The summed E-state index contributed by atoms with van der Waals surface area (Å²) in [6.45, 7) is 4.00. The molecular weight excluding hydrogens is 270 g/mol. The van der Waals surface area contributed by atoms with Crippen molar-refractivity contribution in [3.63, 3.8) is 0 Å². The van der Waals surface area contributed by atoms with Crippen LogP contribution in [0.1, 0.15) is 25.8 Å². The van der Waals surface area contributed by atoms with E-state index < -0.39 is 0 Å². The average Bonchev–Trinajstić information content (AvgIpc) is 2.18. The molecule has 0 saturated carbocycles. The number of ether oxygens (including phenoxy) is 1. The van der Waals surface area contributed by atoms with Gasteiger partial charge in [-0.25, -0.2) is 0 Å². The number of nitrogens with two attached hydrogens (primary N) is 1. The molecule has 1 aromatic rings. The maximum absolute atomic E-state index is 9.65. The molecular formula is C12H18BrNO2. The van der Waals surface area contributed by atoms with Crippen LogP contribution in [0.25, 0.3) is 0 Å². The Labute approximate surface area is 105 Å². The summed E-state index contributed by atoms with van der Waals surface area (Å²) < 4.78 is 5.74. The van der Waals surface area contributed by atoms with Crippen LogP contribution in [-0.2, 0) is 6.42 Å². The van der Waals surface area contributed by atoms with Gasteiger partial charge in [-0.05, 0) is 60.3 Å². The molecule has 0 aromatic heterocycles.